The second kappa shape index (κ2) is 8.20. The van der Waals surface area contributed by atoms with E-state index in [0.29, 0.717) is 35.7 Å². The van der Waals surface area contributed by atoms with Crippen molar-refractivity contribution in [1.82, 2.24) is 10.3 Å². The molecule has 5 nitrogen and oxygen atoms in total. The molecule has 0 unspecified atom stereocenters. The maximum atomic E-state index is 12.0. The lowest BCUT2D eigenvalue weighted by Crippen LogP contribution is -2.28. The van der Waals surface area contributed by atoms with Gasteiger partial charge in [-0.1, -0.05) is 24.4 Å². The molecular formula is C15H22ClN3O2. The van der Waals surface area contributed by atoms with Crippen LogP contribution in [-0.2, 0) is 4.74 Å². The van der Waals surface area contributed by atoms with E-state index in [0.717, 1.165) is 19.4 Å². The summed E-state index contributed by atoms with van der Waals surface area (Å²) in [6, 6.07) is 1.62. The van der Waals surface area contributed by atoms with Crippen molar-refractivity contribution in [2.45, 2.75) is 38.7 Å². The number of nitrogens with one attached hydrogen (secondary N) is 2. The topological polar surface area (TPSA) is 63.2 Å². The van der Waals surface area contributed by atoms with Gasteiger partial charge in [-0.05, 0) is 25.8 Å². The van der Waals surface area contributed by atoms with E-state index in [2.05, 4.69) is 15.6 Å². The Morgan fingerprint density at radius 2 is 2.24 bits per heavy atom. The van der Waals surface area contributed by atoms with E-state index in [1.807, 2.05) is 6.92 Å². The second-order valence-corrected chi connectivity index (χ2v) is 5.53. The Kier molecular flexibility index (Phi) is 6.26. The number of aromatic nitrogens is 1. The second-order valence-electron chi connectivity index (χ2n) is 5.12. The number of rotatable bonds is 7. The smallest absolute Gasteiger partial charge is 0.252 e. The molecule has 1 heterocycles. The molecule has 0 atom stereocenters. The minimum Gasteiger partial charge on any atom is -0.376 e. The number of hydrogen-bond donors (Lipinski definition) is 2. The van der Waals surface area contributed by atoms with Crippen molar-refractivity contribution in [3.63, 3.8) is 0 Å². The van der Waals surface area contributed by atoms with E-state index in [1.165, 1.54) is 19.0 Å². The van der Waals surface area contributed by atoms with Gasteiger partial charge < -0.3 is 15.4 Å². The molecule has 0 aromatic carbocycles. The van der Waals surface area contributed by atoms with Crippen LogP contribution in [-0.4, -0.2) is 36.7 Å². The van der Waals surface area contributed by atoms with Crippen molar-refractivity contribution in [2.75, 3.05) is 25.0 Å². The highest BCUT2D eigenvalue weighted by atomic mass is 35.5. The van der Waals surface area contributed by atoms with E-state index in [4.69, 9.17) is 16.3 Å². The Hall–Kier alpha value is -1.33. The van der Waals surface area contributed by atoms with Gasteiger partial charge in [0.05, 0.1) is 23.3 Å². The Bertz CT molecular complexity index is 476. The van der Waals surface area contributed by atoms with E-state index >= 15 is 0 Å². The van der Waals surface area contributed by atoms with E-state index in [-0.39, 0.29) is 5.91 Å². The molecule has 6 heteroatoms. The molecule has 1 aliphatic carbocycles. The molecule has 21 heavy (non-hydrogen) atoms. The van der Waals surface area contributed by atoms with Crippen LogP contribution >= 0.6 is 11.6 Å². The maximum absolute atomic E-state index is 12.0. The third-order valence-electron chi connectivity index (χ3n) is 3.49. The highest BCUT2D eigenvalue weighted by molar-refractivity contribution is 6.33. The number of nitrogens with zero attached hydrogens (tertiary/aromatic N) is 1. The number of anilines is 1. The maximum Gasteiger partial charge on any atom is 0.252 e. The molecule has 1 saturated carbocycles. The van der Waals surface area contributed by atoms with Gasteiger partial charge in [-0.3, -0.25) is 4.79 Å². The number of carbonyl (C=O) groups excluding carboxylic acids is 1. The zero-order chi connectivity index (χ0) is 15.1. The largest absolute Gasteiger partial charge is 0.376 e. The van der Waals surface area contributed by atoms with Gasteiger partial charge in [0, 0.05) is 19.3 Å². The van der Waals surface area contributed by atoms with Crippen molar-refractivity contribution >= 4 is 23.3 Å². The summed E-state index contributed by atoms with van der Waals surface area (Å²) in [5, 5.41) is 6.30. The number of hydrogen-bond acceptors (Lipinski definition) is 4. The van der Waals surface area contributed by atoms with Gasteiger partial charge in [-0.15, -0.1) is 0 Å². The predicted octanol–water partition coefficient (Wildman–Crippen LogP) is 2.86. The molecule has 0 bridgehead atoms. The van der Waals surface area contributed by atoms with E-state index in [9.17, 15) is 4.79 Å². The Morgan fingerprint density at radius 1 is 1.48 bits per heavy atom. The zero-order valence-corrected chi connectivity index (χ0v) is 13.1. The third-order valence-corrected chi connectivity index (χ3v) is 3.78. The summed E-state index contributed by atoms with van der Waals surface area (Å²) in [7, 11) is 0. The van der Waals surface area contributed by atoms with Crippen LogP contribution in [0.4, 0.5) is 5.82 Å². The molecule has 1 aromatic heterocycles. The highest BCUT2D eigenvalue weighted by Gasteiger charge is 2.15. The Balaban J connectivity index is 1.75. The minimum absolute atomic E-state index is 0.178. The van der Waals surface area contributed by atoms with Gasteiger partial charge in [0.1, 0.15) is 5.82 Å². The van der Waals surface area contributed by atoms with Gasteiger partial charge in [0.2, 0.25) is 0 Å². The lowest BCUT2D eigenvalue weighted by Gasteiger charge is -2.12. The third kappa shape index (κ3) is 4.86. The fraction of sp³-hybridized carbons (Fsp3) is 0.600. The van der Waals surface area contributed by atoms with Crippen LogP contribution in [0.5, 0.6) is 0 Å². The van der Waals surface area contributed by atoms with Crippen molar-refractivity contribution in [3.05, 3.63) is 22.8 Å². The van der Waals surface area contributed by atoms with Gasteiger partial charge in [-0.2, -0.15) is 0 Å². The molecule has 1 fully saturated rings. The lowest BCUT2D eigenvalue weighted by atomic mass is 10.2. The number of pyridine rings is 1. The van der Waals surface area contributed by atoms with Crippen LogP contribution in [0.1, 0.15) is 43.0 Å². The van der Waals surface area contributed by atoms with Crippen molar-refractivity contribution < 1.29 is 9.53 Å². The van der Waals surface area contributed by atoms with E-state index < -0.39 is 0 Å². The molecule has 0 aliphatic heterocycles. The van der Waals surface area contributed by atoms with Crippen molar-refractivity contribution in [2.24, 2.45) is 0 Å². The van der Waals surface area contributed by atoms with Crippen molar-refractivity contribution in [3.8, 4) is 0 Å². The Morgan fingerprint density at radius 3 is 2.90 bits per heavy atom. The van der Waals surface area contributed by atoms with Gasteiger partial charge in [0.25, 0.3) is 5.91 Å². The molecule has 1 aliphatic rings. The molecule has 2 rings (SSSR count). The summed E-state index contributed by atoms with van der Waals surface area (Å²) in [4.78, 5) is 16.1. The summed E-state index contributed by atoms with van der Waals surface area (Å²) in [6.45, 7) is 3.74. The van der Waals surface area contributed by atoms with Crippen LogP contribution in [0.2, 0.25) is 5.02 Å². The summed E-state index contributed by atoms with van der Waals surface area (Å²) >= 11 is 6.07. The average Bonchev–Trinajstić information content (AvgIpc) is 2.99. The molecule has 116 valence electrons. The first-order valence-corrected chi connectivity index (χ1v) is 7.87. The number of ether oxygens (including phenoxy) is 1. The zero-order valence-electron chi connectivity index (χ0n) is 12.3. The first kappa shape index (κ1) is 16.0. The highest BCUT2D eigenvalue weighted by Crippen LogP contribution is 2.21. The normalized spacial score (nSPS) is 15.1. The van der Waals surface area contributed by atoms with Crippen LogP contribution in [0.15, 0.2) is 12.3 Å². The first-order valence-electron chi connectivity index (χ1n) is 7.50. The summed E-state index contributed by atoms with van der Waals surface area (Å²) in [5.74, 6) is 0.419. The lowest BCUT2D eigenvalue weighted by molar-refractivity contribution is 0.0582. The number of carbonyl (C=O) groups is 1. The molecule has 1 aromatic rings. The molecular weight excluding hydrogens is 290 g/mol. The van der Waals surface area contributed by atoms with Crippen LogP contribution in [0, 0.1) is 0 Å². The van der Waals surface area contributed by atoms with Gasteiger partial charge >= 0.3 is 0 Å². The molecule has 0 saturated heterocycles. The molecule has 2 N–H and O–H groups in total. The predicted molar refractivity (Wildman–Crippen MR) is 84.0 cm³/mol. The summed E-state index contributed by atoms with van der Waals surface area (Å²) < 4.78 is 5.70. The summed E-state index contributed by atoms with van der Waals surface area (Å²) in [6.07, 6.45) is 6.67. The van der Waals surface area contributed by atoms with Gasteiger partial charge in [0.15, 0.2) is 0 Å². The molecule has 0 spiro atoms. The number of halogens is 1. The quantitative estimate of drug-likeness (QED) is 0.760. The first-order chi connectivity index (χ1) is 10.2. The van der Waals surface area contributed by atoms with Gasteiger partial charge in [-0.25, -0.2) is 4.98 Å². The van der Waals surface area contributed by atoms with Crippen molar-refractivity contribution in [1.29, 1.82) is 0 Å². The Labute approximate surface area is 130 Å². The average molecular weight is 312 g/mol. The molecule has 0 radical (unpaired) electrons. The SMILES string of the molecule is CCNc1ncc(C(=O)NCCOC2CCCC2)cc1Cl. The fourth-order valence-electron chi connectivity index (χ4n) is 2.41. The van der Waals surface area contributed by atoms with E-state index in [1.54, 1.807) is 6.07 Å². The van der Waals surface area contributed by atoms with Crippen LogP contribution < -0.4 is 10.6 Å². The van der Waals surface area contributed by atoms with Crippen LogP contribution in [0.25, 0.3) is 0 Å². The molecule has 1 amide bonds. The fourth-order valence-corrected chi connectivity index (χ4v) is 2.64. The minimum atomic E-state index is -0.178. The summed E-state index contributed by atoms with van der Waals surface area (Å²) in [5.41, 5.74) is 0.461. The monoisotopic (exact) mass is 311 g/mol. The standard InChI is InChI=1S/C15H22ClN3O2/c1-2-17-14-13(16)9-11(10-19-14)15(20)18-7-8-21-12-5-3-4-6-12/h9-10,12H,2-8H2,1H3,(H,17,19)(H,18,20). The van der Waals surface area contributed by atoms with Crippen LogP contribution in [0.3, 0.4) is 0 Å². The number of amides is 1.